The Morgan fingerprint density at radius 3 is 2.60 bits per heavy atom. The average molecular weight is 271 g/mol. The molecule has 0 radical (unpaired) electrons. The van der Waals surface area contributed by atoms with Gasteiger partial charge in [0.25, 0.3) is 0 Å². The van der Waals surface area contributed by atoms with E-state index in [4.69, 9.17) is 15.4 Å². The van der Waals surface area contributed by atoms with Crippen LogP contribution in [0.2, 0.25) is 0 Å². The topological polar surface area (TPSA) is 43.4 Å². The van der Waals surface area contributed by atoms with Crippen molar-refractivity contribution in [2.24, 2.45) is 5.41 Å². The third-order valence-corrected chi connectivity index (χ3v) is 5.51. The van der Waals surface area contributed by atoms with Gasteiger partial charge in [-0.05, 0) is 30.8 Å². The molecule has 0 amide bonds. The van der Waals surface area contributed by atoms with E-state index in [0.717, 1.165) is 30.8 Å². The quantitative estimate of drug-likeness (QED) is 0.719. The second-order valence-electron chi connectivity index (χ2n) is 4.29. The van der Waals surface area contributed by atoms with Gasteiger partial charge in [0, 0.05) is 22.7 Å². The predicted octanol–water partition coefficient (Wildman–Crippen LogP) is 1.86. The molecule has 0 aliphatic carbocycles. The van der Waals surface area contributed by atoms with Gasteiger partial charge in [0.05, 0.1) is 11.9 Å². The molecule has 2 saturated heterocycles. The van der Waals surface area contributed by atoms with Crippen LogP contribution in [-0.2, 0) is 13.8 Å². The molecule has 2 rings (SSSR count). The van der Waals surface area contributed by atoms with Crippen LogP contribution < -0.4 is 0 Å². The van der Waals surface area contributed by atoms with Crippen molar-refractivity contribution in [2.75, 3.05) is 23.9 Å². The SMILES string of the molecule is O=S(=O)(Cl)CC1OCCC12CCSCC2. The minimum absolute atomic E-state index is 0.0285. The van der Waals surface area contributed by atoms with Crippen molar-refractivity contribution in [1.29, 1.82) is 0 Å². The summed E-state index contributed by atoms with van der Waals surface area (Å²) in [4.78, 5) is 0. The number of ether oxygens (including phenoxy) is 1. The Kier molecular flexibility index (Phi) is 3.55. The van der Waals surface area contributed by atoms with Crippen LogP contribution in [0, 0.1) is 5.41 Å². The second-order valence-corrected chi connectivity index (χ2v) is 8.34. The fraction of sp³-hybridized carbons (Fsp3) is 1.00. The third-order valence-electron chi connectivity index (χ3n) is 3.44. The largest absolute Gasteiger partial charge is 0.377 e. The summed E-state index contributed by atoms with van der Waals surface area (Å²) in [5, 5.41) is 0. The van der Waals surface area contributed by atoms with Gasteiger partial charge >= 0.3 is 0 Å². The standard InChI is InChI=1S/C9H15ClO3S2/c10-15(11,12)7-8-9(1-4-13-8)2-5-14-6-3-9/h8H,1-7H2. The maximum absolute atomic E-state index is 11.1. The molecule has 2 aliphatic rings. The van der Waals surface area contributed by atoms with Crippen molar-refractivity contribution in [3.63, 3.8) is 0 Å². The molecule has 0 aromatic heterocycles. The van der Waals surface area contributed by atoms with E-state index in [1.54, 1.807) is 0 Å². The number of halogens is 1. The molecular weight excluding hydrogens is 256 g/mol. The highest BCUT2D eigenvalue weighted by Crippen LogP contribution is 2.46. The zero-order valence-electron chi connectivity index (χ0n) is 8.45. The Hall–Kier alpha value is 0.550. The number of thioether (sulfide) groups is 1. The predicted molar refractivity (Wildman–Crippen MR) is 63.0 cm³/mol. The number of rotatable bonds is 2. The van der Waals surface area contributed by atoms with Crippen molar-refractivity contribution in [2.45, 2.75) is 25.4 Å². The molecule has 88 valence electrons. The van der Waals surface area contributed by atoms with Crippen LogP contribution in [0.4, 0.5) is 0 Å². The molecule has 0 aromatic rings. The van der Waals surface area contributed by atoms with Gasteiger partial charge in [-0.25, -0.2) is 8.42 Å². The van der Waals surface area contributed by atoms with Crippen LogP contribution in [0.5, 0.6) is 0 Å². The second kappa shape index (κ2) is 4.43. The van der Waals surface area contributed by atoms with E-state index in [9.17, 15) is 8.42 Å². The minimum Gasteiger partial charge on any atom is -0.377 e. The first kappa shape index (κ1) is 12.0. The minimum atomic E-state index is -3.44. The highest BCUT2D eigenvalue weighted by Gasteiger charge is 2.46. The van der Waals surface area contributed by atoms with E-state index < -0.39 is 9.05 Å². The number of hydrogen-bond acceptors (Lipinski definition) is 4. The van der Waals surface area contributed by atoms with Crippen LogP contribution in [0.1, 0.15) is 19.3 Å². The van der Waals surface area contributed by atoms with E-state index >= 15 is 0 Å². The summed E-state index contributed by atoms with van der Waals surface area (Å²) >= 11 is 1.94. The highest BCUT2D eigenvalue weighted by molar-refractivity contribution is 8.13. The molecule has 0 saturated carbocycles. The highest BCUT2D eigenvalue weighted by atomic mass is 35.7. The van der Waals surface area contributed by atoms with Gasteiger partial charge in [0.15, 0.2) is 0 Å². The van der Waals surface area contributed by atoms with Gasteiger partial charge in [-0.2, -0.15) is 11.8 Å². The smallest absolute Gasteiger partial charge is 0.235 e. The molecule has 0 aromatic carbocycles. The third kappa shape index (κ3) is 2.81. The summed E-state index contributed by atoms with van der Waals surface area (Å²) in [7, 11) is 1.86. The Morgan fingerprint density at radius 1 is 1.33 bits per heavy atom. The van der Waals surface area contributed by atoms with Crippen molar-refractivity contribution >= 4 is 31.5 Å². The van der Waals surface area contributed by atoms with Crippen LogP contribution in [-0.4, -0.2) is 38.4 Å². The normalized spacial score (nSPS) is 30.9. The van der Waals surface area contributed by atoms with Gasteiger partial charge in [-0.15, -0.1) is 0 Å². The summed E-state index contributed by atoms with van der Waals surface area (Å²) in [5.74, 6) is 2.20. The van der Waals surface area contributed by atoms with Crippen molar-refractivity contribution in [3.05, 3.63) is 0 Å². The first-order valence-corrected chi connectivity index (χ1v) is 8.77. The van der Waals surface area contributed by atoms with Crippen molar-refractivity contribution in [1.82, 2.24) is 0 Å². The van der Waals surface area contributed by atoms with Crippen LogP contribution in [0.3, 0.4) is 0 Å². The van der Waals surface area contributed by atoms with E-state index in [1.807, 2.05) is 11.8 Å². The molecule has 2 aliphatic heterocycles. The van der Waals surface area contributed by atoms with Crippen molar-refractivity contribution in [3.8, 4) is 0 Å². The Labute approximate surface area is 99.3 Å². The number of hydrogen-bond donors (Lipinski definition) is 0. The lowest BCUT2D eigenvalue weighted by Gasteiger charge is -2.36. The molecule has 2 fully saturated rings. The summed E-state index contributed by atoms with van der Waals surface area (Å²) in [6, 6.07) is 0. The Balaban J connectivity index is 2.10. The molecule has 1 unspecified atom stereocenters. The van der Waals surface area contributed by atoms with E-state index in [2.05, 4.69) is 0 Å². The van der Waals surface area contributed by atoms with Crippen LogP contribution in [0.15, 0.2) is 0 Å². The van der Waals surface area contributed by atoms with E-state index in [0.29, 0.717) is 6.61 Å². The first-order chi connectivity index (χ1) is 7.02. The zero-order chi connectivity index (χ0) is 10.9. The maximum atomic E-state index is 11.1. The van der Waals surface area contributed by atoms with E-state index in [1.165, 1.54) is 0 Å². The molecule has 2 heterocycles. The molecule has 6 heteroatoms. The first-order valence-electron chi connectivity index (χ1n) is 5.14. The van der Waals surface area contributed by atoms with Gasteiger partial charge in [0.2, 0.25) is 9.05 Å². The fourth-order valence-corrected chi connectivity index (χ4v) is 4.96. The summed E-state index contributed by atoms with van der Waals surface area (Å²) in [5.41, 5.74) is 0.0905. The van der Waals surface area contributed by atoms with Crippen LogP contribution >= 0.6 is 22.4 Å². The lowest BCUT2D eigenvalue weighted by atomic mass is 9.76. The fourth-order valence-electron chi connectivity index (χ4n) is 2.50. The Morgan fingerprint density at radius 2 is 2.00 bits per heavy atom. The van der Waals surface area contributed by atoms with Crippen LogP contribution in [0.25, 0.3) is 0 Å². The summed E-state index contributed by atoms with van der Waals surface area (Å²) in [6.07, 6.45) is 2.94. The molecule has 1 spiro atoms. The lowest BCUT2D eigenvalue weighted by Crippen LogP contribution is -2.38. The molecule has 15 heavy (non-hydrogen) atoms. The van der Waals surface area contributed by atoms with Gasteiger partial charge in [0.1, 0.15) is 0 Å². The monoisotopic (exact) mass is 270 g/mol. The van der Waals surface area contributed by atoms with Crippen molar-refractivity contribution < 1.29 is 13.2 Å². The lowest BCUT2D eigenvalue weighted by molar-refractivity contribution is 0.0617. The zero-order valence-corrected chi connectivity index (χ0v) is 10.8. The average Bonchev–Trinajstić information content (AvgIpc) is 2.48. The molecule has 0 bridgehead atoms. The van der Waals surface area contributed by atoms with Gasteiger partial charge in [-0.3, -0.25) is 0 Å². The summed E-state index contributed by atoms with van der Waals surface area (Å²) < 4.78 is 27.7. The maximum Gasteiger partial charge on any atom is 0.235 e. The molecule has 1 atom stereocenters. The molecular formula is C9H15ClO3S2. The van der Waals surface area contributed by atoms with Gasteiger partial charge < -0.3 is 4.74 Å². The summed E-state index contributed by atoms with van der Waals surface area (Å²) in [6.45, 7) is 0.682. The Bertz CT molecular complexity index is 322. The molecule has 0 N–H and O–H groups in total. The molecule has 3 nitrogen and oxygen atoms in total. The van der Waals surface area contributed by atoms with E-state index in [-0.39, 0.29) is 17.3 Å². The van der Waals surface area contributed by atoms with Gasteiger partial charge in [-0.1, -0.05) is 0 Å².